The first-order valence-electron chi connectivity index (χ1n) is 6.41. The molecule has 0 amide bonds. The van der Waals surface area contributed by atoms with Crippen LogP contribution in [0, 0.1) is 0 Å². The van der Waals surface area contributed by atoms with Gasteiger partial charge in [-0.3, -0.25) is 9.79 Å². The highest BCUT2D eigenvalue weighted by Crippen LogP contribution is 2.14. The van der Waals surface area contributed by atoms with Crippen LogP contribution >= 0.6 is 24.0 Å². The molecule has 0 spiro atoms. The van der Waals surface area contributed by atoms with Crippen LogP contribution in [0.25, 0.3) is 0 Å². The summed E-state index contributed by atoms with van der Waals surface area (Å²) in [7, 11) is 1.61. The molecule has 7 heteroatoms. The number of nitrogens with zero attached hydrogens (tertiary/aromatic N) is 1. The molecular formula is C14H22IN3O3. The molecule has 6 nitrogen and oxygen atoms in total. The van der Waals surface area contributed by atoms with Crippen molar-refractivity contribution in [2.24, 2.45) is 10.7 Å². The van der Waals surface area contributed by atoms with Crippen LogP contribution in [0.4, 0.5) is 5.69 Å². The highest BCUT2D eigenvalue weighted by atomic mass is 127. The van der Waals surface area contributed by atoms with Crippen molar-refractivity contribution >= 4 is 41.6 Å². The van der Waals surface area contributed by atoms with Gasteiger partial charge in [-0.15, -0.1) is 24.0 Å². The summed E-state index contributed by atoms with van der Waals surface area (Å²) in [6.07, 6.45) is 0.102. The summed E-state index contributed by atoms with van der Waals surface area (Å²) in [5.74, 6) is 0.746. The number of anilines is 1. The van der Waals surface area contributed by atoms with Gasteiger partial charge in [0, 0.05) is 5.69 Å². The zero-order valence-electron chi connectivity index (χ0n) is 12.5. The van der Waals surface area contributed by atoms with E-state index >= 15 is 0 Å². The Bertz CT molecular complexity index is 461. The van der Waals surface area contributed by atoms with Gasteiger partial charge in [0.15, 0.2) is 5.96 Å². The topological polar surface area (TPSA) is 85.9 Å². The number of esters is 1. The van der Waals surface area contributed by atoms with Crippen molar-refractivity contribution in [2.45, 2.75) is 26.4 Å². The lowest BCUT2D eigenvalue weighted by molar-refractivity contribution is -0.147. The van der Waals surface area contributed by atoms with Crippen molar-refractivity contribution in [1.29, 1.82) is 0 Å². The van der Waals surface area contributed by atoms with Gasteiger partial charge in [-0.2, -0.15) is 0 Å². The second-order valence-electron chi connectivity index (χ2n) is 4.41. The first-order chi connectivity index (χ1) is 9.51. The summed E-state index contributed by atoms with van der Waals surface area (Å²) in [6, 6.07) is 7.29. The fraction of sp³-hybridized carbons (Fsp3) is 0.429. The first-order valence-corrected chi connectivity index (χ1v) is 6.41. The standard InChI is InChI=1S/C14H21N3O3.HI/c1-10(2)20-13(18)8-9-16-14(15)17-11-4-6-12(19-3)7-5-11;/h4-7,10H,8-9H2,1-3H3,(H3,15,16,17);1H. The minimum atomic E-state index is -0.277. The van der Waals surface area contributed by atoms with E-state index in [0.29, 0.717) is 6.54 Å². The van der Waals surface area contributed by atoms with Crippen molar-refractivity contribution in [3.8, 4) is 5.75 Å². The number of benzene rings is 1. The smallest absolute Gasteiger partial charge is 0.307 e. The molecule has 0 aliphatic heterocycles. The number of aliphatic imine (C=N–C) groups is 1. The zero-order valence-corrected chi connectivity index (χ0v) is 14.8. The summed E-state index contributed by atoms with van der Waals surface area (Å²) in [6.45, 7) is 3.90. The quantitative estimate of drug-likeness (QED) is 0.327. The Labute approximate surface area is 142 Å². The van der Waals surface area contributed by atoms with Crippen LogP contribution < -0.4 is 15.8 Å². The molecule has 0 aliphatic rings. The predicted octanol–water partition coefficient (Wildman–Crippen LogP) is 2.38. The Hall–Kier alpha value is -1.51. The second-order valence-corrected chi connectivity index (χ2v) is 4.41. The predicted molar refractivity (Wildman–Crippen MR) is 94.4 cm³/mol. The van der Waals surface area contributed by atoms with Crippen LogP contribution in [0.5, 0.6) is 5.75 Å². The van der Waals surface area contributed by atoms with E-state index in [1.807, 2.05) is 24.3 Å². The minimum absolute atomic E-state index is 0. The molecule has 3 N–H and O–H groups in total. The highest BCUT2D eigenvalue weighted by Gasteiger charge is 2.04. The van der Waals surface area contributed by atoms with E-state index in [1.54, 1.807) is 21.0 Å². The molecule has 1 rings (SSSR count). The molecule has 0 bridgehead atoms. The highest BCUT2D eigenvalue weighted by molar-refractivity contribution is 14.0. The van der Waals surface area contributed by atoms with E-state index in [1.165, 1.54) is 0 Å². The van der Waals surface area contributed by atoms with Gasteiger partial charge in [-0.05, 0) is 38.1 Å². The maximum atomic E-state index is 11.3. The number of nitrogens with two attached hydrogens (primary N) is 1. The van der Waals surface area contributed by atoms with Crippen LogP contribution in [-0.4, -0.2) is 31.7 Å². The number of guanidine groups is 1. The van der Waals surface area contributed by atoms with Crippen molar-refractivity contribution in [3.05, 3.63) is 24.3 Å². The van der Waals surface area contributed by atoms with Crippen LogP contribution in [-0.2, 0) is 9.53 Å². The fourth-order valence-corrected chi connectivity index (χ4v) is 1.45. The number of hydrogen-bond acceptors (Lipinski definition) is 4. The van der Waals surface area contributed by atoms with Gasteiger partial charge >= 0.3 is 5.97 Å². The molecule has 0 heterocycles. The number of ether oxygens (including phenoxy) is 2. The average Bonchev–Trinajstić information content (AvgIpc) is 2.38. The molecule has 118 valence electrons. The zero-order chi connectivity index (χ0) is 15.0. The molecular weight excluding hydrogens is 385 g/mol. The van der Waals surface area contributed by atoms with Crippen molar-refractivity contribution < 1.29 is 14.3 Å². The van der Waals surface area contributed by atoms with E-state index in [4.69, 9.17) is 15.2 Å². The molecule has 0 radical (unpaired) electrons. The van der Waals surface area contributed by atoms with Gasteiger partial charge in [-0.25, -0.2) is 0 Å². The number of carbonyl (C=O) groups excluding carboxylic acids is 1. The molecule has 0 aromatic heterocycles. The van der Waals surface area contributed by atoms with Crippen molar-refractivity contribution in [2.75, 3.05) is 19.0 Å². The molecule has 0 aliphatic carbocycles. The molecule has 0 atom stereocenters. The Morgan fingerprint density at radius 3 is 2.48 bits per heavy atom. The summed E-state index contributed by atoms with van der Waals surface area (Å²) >= 11 is 0. The summed E-state index contributed by atoms with van der Waals surface area (Å²) in [4.78, 5) is 15.4. The number of methoxy groups -OCH3 is 1. The normalized spacial score (nSPS) is 10.8. The lowest BCUT2D eigenvalue weighted by atomic mass is 10.3. The number of halogens is 1. The molecule has 21 heavy (non-hydrogen) atoms. The Morgan fingerprint density at radius 2 is 1.95 bits per heavy atom. The Kier molecular flexibility index (Phi) is 9.51. The van der Waals surface area contributed by atoms with Crippen LogP contribution in [0.2, 0.25) is 0 Å². The van der Waals surface area contributed by atoms with Gasteiger partial charge in [0.25, 0.3) is 0 Å². The third-order valence-electron chi connectivity index (χ3n) is 2.33. The maximum absolute atomic E-state index is 11.3. The van der Waals surface area contributed by atoms with Gasteiger partial charge in [0.1, 0.15) is 5.75 Å². The van der Waals surface area contributed by atoms with Gasteiger partial charge in [0.05, 0.1) is 26.2 Å². The molecule has 0 saturated heterocycles. The van der Waals surface area contributed by atoms with Crippen LogP contribution in [0.3, 0.4) is 0 Å². The molecule has 0 fully saturated rings. The van der Waals surface area contributed by atoms with E-state index in [9.17, 15) is 4.79 Å². The van der Waals surface area contributed by atoms with Crippen LogP contribution in [0.1, 0.15) is 20.3 Å². The van der Waals surface area contributed by atoms with Gasteiger partial charge < -0.3 is 20.5 Å². The van der Waals surface area contributed by atoms with E-state index in [-0.39, 0.29) is 48.4 Å². The first kappa shape index (κ1) is 19.5. The fourth-order valence-electron chi connectivity index (χ4n) is 1.45. The van der Waals surface area contributed by atoms with Gasteiger partial charge in [-0.1, -0.05) is 0 Å². The third kappa shape index (κ3) is 8.38. The SMILES string of the molecule is COc1ccc(NC(N)=NCCC(=O)OC(C)C)cc1.I. The summed E-state index contributed by atoms with van der Waals surface area (Å²) in [5.41, 5.74) is 6.52. The lowest BCUT2D eigenvalue weighted by Gasteiger charge is -2.08. The Balaban J connectivity index is 0.00000400. The number of nitrogens with one attached hydrogen (secondary N) is 1. The minimum Gasteiger partial charge on any atom is -0.497 e. The second kappa shape index (κ2) is 10.3. The van der Waals surface area contributed by atoms with Gasteiger partial charge in [0.2, 0.25) is 0 Å². The van der Waals surface area contributed by atoms with Crippen molar-refractivity contribution in [1.82, 2.24) is 0 Å². The van der Waals surface area contributed by atoms with Crippen LogP contribution in [0.15, 0.2) is 29.3 Å². The van der Waals surface area contributed by atoms with E-state index in [2.05, 4.69) is 10.3 Å². The maximum Gasteiger partial charge on any atom is 0.307 e. The summed E-state index contributed by atoms with van der Waals surface area (Å²) in [5, 5.41) is 2.93. The molecule has 1 aromatic rings. The summed E-state index contributed by atoms with van der Waals surface area (Å²) < 4.78 is 10.0. The number of hydrogen-bond donors (Lipinski definition) is 2. The lowest BCUT2D eigenvalue weighted by Crippen LogP contribution is -2.23. The average molecular weight is 407 g/mol. The number of carbonyl (C=O) groups is 1. The molecule has 0 saturated carbocycles. The largest absolute Gasteiger partial charge is 0.497 e. The Morgan fingerprint density at radius 1 is 1.33 bits per heavy atom. The van der Waals surface area contributed by atoms with Crippen molar-refractivity contribution in [3.63, 3.8) is 0 Å². The van der Waals surface area contributed by atoms with E-state index < -0.39 is 0 Å². The molecule has 1 aromatic carbocycles. The van der Waals surface area contributed by atoms with E-state index in [0.717, 1.165) is 11.4 Å². The monoisotopic (exact) mass is 407 g/mol. The number of rotatable bonds is 6. The molecule has 0 unspecified atom stereocenters. The third-order valence-corrected chi connectivity index (χ3v) is 2.33.